The van der Waals surface area contributed by atoms with Crippen LogP contribution in [-0.2, 0) is 0 Å². The largest absolute Gasteiger partial charge is 0.270 e. The van der Waals surface area contributed by atoms with Crippen LogP contribution in [-0.4, -0.2) is 25.5 Å². The molecule has 4 nitrogen and oxygen atoms in total. The molecule has 0 aliphatic heterocycles. The third kappa shape index (κ3) is 4.08. The molecule has 0 fully saturated rings. The van der Waals surface area contributed by atoms with E-state index >= 15 is 0 Å². The number of hydrogen-bond donors (Lipinski definition) is 0. The number of nitrogens with zero attached hydrogens (tertiary/aromatic N) is 4. The molecule has 5 heteroatoms. The van der Waals surface area contributed by atoms with Crippen LogP contribution >= 0.6 is 11.8 Å². The van der Waals surface area contributed by atoms with Crippen molar-refractivity contribution < 1.29 is 0 Å². The van der Waals surface area contributed by atoms with Gasteiger partial charge in [0.1, 0.15) is 0 Å². The van der Waals surface area contributed by atoms with Crippen LogP contribution in [0.15, 0.2) is 90.3 Å². The van der Waals surface area contributed by atoms with Gasteiger partial charge in [-0.15, -0.1) is 10.2 Å². The lowest BCUT2D eigenvalue weighted by molar-refractivity contribution is 0.888. The van der Waals surface area contributed by atoms with Crippen LogP contribution in [0.2, 0.25) is 0 Å². The van der Waals surface area contributed by atoms with Gasteiger partial charge in [-0.3, -0.25) is 9.55 Å². The number of hydrogen-bond acceptors (Lipinski definition) is 4. The van der Waals surface area contributed by atoms with Crippen molar-refractivity contribution in [3.8, 4) is 28.9 Å². The average molecular weight is 368 g/mol. The Morgan fingerprint density at radius 1 is 0.815 bits per heavy atom. The van der Waals surface area contributed by atoms with Crippen LogP contribution in [0.5, 0.6) is 0 Å². The summed E-state index contributed by atoms with van der Waals surface area (Å²) in [6.07, 6.45) is 3.52. The predicted molar refractivity (Wildman–Crippen MR) is 109 cm³/mol. The Hall–Kier alpha value is -3.36. The number of benzene rings is 2. The van der Waals surface area contributed by atoms with Crippen LogP contribution in [0.4, 0.5) is 0 Å². The molecular weight excluding hydrogens is 352 g/mol. The van der Waals surface area contributed by atoms with E-state index in [2.05, 4.69) is 31.6 Å². The normalized spacial score (nSPS) is 10.2. The van der Waals surface area contributed by atoms with Crippen LogP contribution in [0.1, 0.15) is 5.56 Å². The van der Waals surface area contributed by atoms with E-state index < -0.39 is 0 Å². The first-order chi connectivity index (χ1) is 13.4. The minimum atomic E-state index is 0.635. The van der Waals surface area contributed by atoms with Gasteiger partial charge >= 0.3 is 0 Å². The predicted octanol–water partition coefficient (Wildman–Crippen LogP) is 4.47. The molecule has 0 spiro atoms. The lowest BCUT2D eigenvalue weighted by Gasteiger charge is -2.09. The number of para-hydroxylation sites is 1. The van der Waals surface area contributed by atoms with Crippen molar-refractivity contribution in [3.05, 3.63) is 90.8 Å². The highest BCUT2D eigenvalue weighted by Crippen LogP contribution is 2.27. The summed E-state index contributed by atoms with van der Waals surface area (Å²) in [7, 11) is 0. The fraction of sp³-hybridized carbons (Fsp3) is 0.0455. The Labute approximate surface area is 162 Å². The Balaban J connectivity index is 1.63. The SMILES string of the molecule is C(#Cc1ccccc1)CSc1nnc(-c2ccncc2)n1-c1ccccc1. The van der Waals surface area contributed by atoms with E-state index in [4.69, 9.17) is 0 Å². The van der Waals surface area contributed by atoms with Crippen LogP contribution < -0.4 is 0 Å². The van der Waals surface area contributed by atoms with Gasteiger partial charge in [-0.1, -0.05) is 60.0 Å². The molecule has 0 aliphatic rings. The molecule has 2 heterocycles. The molecule has 0 unspecified atom stereocenters. The van der Waals surface area contributed by atoms with Crippen molar-refractivity contribution in [1.29, 1.82) is 0 Å². The Kier molecular flexibility index (Phi) is 5.28. The second-order valence-electron chi connectivity index (χ2n) is 5.67. The first kappa shape index (κ1) is 17.1. The standard InChI is InChI=1S/C22H16N4S/c1-3-8-18(9-4-1)10-7-17-27-22-25-24-21(19-13-15-23-16-14-19)26(22)20-11-5-2-6-12-20/h1-6,8-9,11-16H,17H2. The number of thioether (sulfide) groups is 1. The van der Waals surface area contributed by atoms with Crippen LogP contribution in [0, 0.1) is 11.8 Å². The third-order valence-electron chi connectivity index (χ3n) is 3.87. The number of pyridine rings is 1. The van der Waals surface area contributed by atoms with Crippen molar-refractivity contribution in [2.45, 2.75) is 5.16 Å². The zero-order valence-electron chi connectivity index (χ0n) is 14.5. The van der Waals surface area contributed by atoms with E-state index in [1.807, 2.05) is 72.8 Å². The van der Waals surface area contributed by atoms with Crippen molar-refractivity contribution >= 4 is 11.8 Å². The maximum Gasteiger partial charge on any atom is 0.197 e. The van der Waals surface area contributed by atoms with Gasteiger partial charge in [0, 0.05) is 29.2 Å². The highest BCUT2D eigenvalue weighted by molar-refractivity contribution is 7.99. The minimum absolute atomic E-state index is 0.635. The highest BCUT2D eigenvalue weighted by atomic mass is 32.2. The zero-order valence-corrected chi connectivity index (χ0v) is 15.3. The van der Waals surface area contributed by atoms with E-state index in [0.29, 0.717) is 5.75 Å². The molecule has 2 aromatic carbocycles. The summed E-state index contributed by atoms with van der Waals surface area (Å²) < 4.78 is 2.06. The minimum Gasteiger partial charge on any atom is -0.270 e. The number of rotatable bonds is 4. The molecular formula is C22H16N4S. The molecule has 4 aromatic rings. The summed E-state index contributed by atoms with van der Waals surface area (Å²) >= 11 is 1.58. The first-order valence-electron chi connectivity index (χ1n) is 8.50. The summed E-state index contributed by atoms with van der Waals surface area (Å²) in [5.74, 6) is 7.80. The smallest absolute Gasteiger partial charge is 0.197 e. The fourth-order valence-electron chi connectivity index (χ4n) is 2.62. The van der Waals surface area contributed by atoms with Gasteiger partial charge in [-0.05, 0) is 36.4 Å². The topological polar surface area (TPSA) is 43.6 Å². The van der Waals surface area contributed by atoms with Crippen LogP contribution in [0.25, 0.3) is 17.1 Å². The summed E-state index contributed by atoms with van der Waals surface area (Å²) in [4.78, 5) is 4.09. The maximum atomic E-state index is 4.42. The average Bonchev–Trinajstić information content (AvgIpc) is 3.17. The highest BCUT2D eigenvalue weighted by Gasteiger charge is 2.15. The summed E-state index contributed by atoms with van der Waals surface area (Å²) in [6.45, 7) is 0. The van der Waals surface area contributed by atoms with E-state index in [9.17, 15) is 0 Å². The molecule has 0 N–H and O–H groups in total. The van der Waals surface area contributed by atoms with E-state index in [0.717, 1.165) is 27.8 Å². The molecule has 0 atom stereocenters. The zero-order chi connectivity index (χ0) is 18.3. The van der Waals surface area contributed by atoms with Crippen molar-refractivity contribution in [1.82, 2.24) is 19.7 Å². The quantitative estimate of drug-likeness (QED) is 0.394. The van der Waals surface area contributed by atoms with E-state index in [1.54, 1.807) is 24.2 Å². The summed E-state index contributed by atoms with van der Waals surface area (Å²) in [5, 5.41) is 9.63. The molecule has 130 valence electrons. The maximum absolute atomic E-state index is 4.42. The second-order valence-corrected chi connectivity index (χ2v) is 6.61. The fourth-order valence-corrected chi connectivity index (χ4v) is 3.31. The molecule has 0 aliphatic carbocycles. The van der Waals surface area contributed by atoms with Gasteiger partial charge in [0.2, 0.25) is 0 Å². The molecule has 4 rings (SSSR count). The lowest BCUT2D eigenvalue weighted by atomic mass is 10.2. The third-order valence-corrected chi connectivity index (χ3v) is 4.68. The first-order valence-corrected chi connectivity index (χ1v) is 9.48. The molecule has 0 saturated carbocycles. The summed E-state index contributed by atoms with van der Waals surface area (Å²) in [5.41, 5.74) is 3.01. The van der Waals surface area contributed by atoms with E-state index in [1.165, 1.54) is 0 Å². The van der Waals surface area contributed by atoms with Crippen molar-refractivity contribution in [2.75, 3.05) is 5.75 Å². The summed E-state index contributed by atoms with van der Waals surface area (Å²) in [6, 6.07) is 24.0. The van der Waals surface area contributed by atoms with Gasteiger partial charge < -0.3 is 0 Å². The van der Waals surface area contributed by atoms with Gasteiger partial charge in [-0.2, -0.15) is 0 Å². The monoisotopic (exact) mass is 368 g/mol. The molecule has 2 aromatic heterocycles. The van der Waals surface area contributed by atoms with E-state index in [-0.39, 0.29) is 0 Å². The van der Waals surface area contributed by atoms with Gasteiger partial charge in [0.05, 0.1) is 5.75 Å². The molecule has 0 radical (unpaired) electrons. The lowest BCUT2D eigenvalue weighted by Crippen LogP contribution is -1.99. The molecule has 0 bridgehead atoms. The molecule has 0 amide bonds. The second kappa shape index (κ2) is 8.35. The number of aromatic nitrogens is 4. The Morgan fingerprint density at radius 2 is 1.52 bits per heavy atom. The molecule has 27 heavy (non-hydrogen) atoms. The van der Waals surface area contributed by atoms with Gasteiger partial charge in [-0.25, -0.2) is 0 Å². The van der Waals surface area contributed by atoms with Gasteiger partial charge in [0.25, 0.3) is 0 Å². The van der Waals surface area contributed by atoms with Crippen molar-refractivity contribution in [2.24, 2.45) is 0 Å². The molecule has 0 saturated heterocycles. The Morgan fingerprint density at radius 3 is 2.26 bits per heavy atom. The Bertz CT molecular complexity index is 1070. The van der Waals surface area contributed by atoms with Crippen LogP contribution in [0.3, 0.4) is 0 Å². The van der Waals surface area contributed by atoms with Crippen molar-refractivity contribution in [3.63, 3.8) is 0 Å². The van der Waals surface area contributed by atoms with Gasteiger partial charge in [0.15, 0.2) is 11.0 Å².